The second-order valence-corrected chi connectivity index (χ2v) is 7.47. The molecule has 0 fully saturated rings. The Morgan fingerprint density at radius 1 is 1.03 bits per heavy atom. The number of aliphatic carboxylic acids is 1. The summed E-state index contributed by atoms with van der Waals surface area (Å²) in [6.45, 7) is 0.116. The lowest BCUT2D eigenvalue weighted by atomic mass is 9.98. The number of nitrogens with one attached hydrogen (secondary N) is 1. The van der Waals surface area contributed by atoms with Gasteiger partial charge in [0.25, 0.3) is 0 Å². The number of alkyl carbamates (subject to hydrolysis) is 1. The summed E-state index contributed by atoms with van der Waals surface area (Å²) >= 11 is 3.20. The van der Waals surface area contributed by atoms with Crippen LogP contribution >= 0.6 is 15.9 Å². The third-order valence-electron chi connectivity index (χ3n) is 4.94. The van der Waals surface area contributed by atoms with Crippen LogP contribution in [0.5, 0.6) is 0 Å². The molecular weight excluding hydrogens is 436 g/mol. The van der Waals surface area contributed by atoms with Crippen LogP contribution in [0, 0.1) is 0 Å². The molecule has 3 aromatic rings. The molecule has 2 N–H and O–H groups in total. The van der Waals surface area contributed by atoms with E-state index in [4.69, 9.17) is 4.74 Å². The molecule has 29 heavy (non-hydrogen) atoms. The van der Waals surface area contributed by atoms with E-state index < -0.39 is 18.1 Å². The Kier molecular flexibility index (Phi) is 5.31. The number of fused-ring (bicyclic) bond motifs is 3. The first-order valence-corrected chi connectivity index (χ1v) is 9.79. The van der Waals surface area contributed by atoms with Gasteiger partial charge in [0.2, 0.25) is 0 Å². The SMILES string of the molecule is O=C(NC(C(=O)O)c1ccc(Br)nc1)OCC1c2ccccc2-c2ccccc21. The van der Waals surface area contributed by atoms with Gasteiger partial charge >= 0.3 is 12.1 Å². The number of carboxylic acid groups (broad SMARTS) is 1. The van der Waals surface area contributed by atoms with Gasteiger partial charge < -0.3 is 15.2 Å². The van der Waals surface area contributed by atoms with Crippen LogP contribution in [-0.2, 0) is 9.53 Å². The predicted octanol–water partition coefficient (Wildman–Crippen LogP) is 4.51. The van der Waals surface area contributed by atoms with Gasteiger partial charge in [-0.2, -0.15) is 0 Å². The van der Waals surface area contributed by atoms with Crippen LogP contribution in [0.2, 0.25) is 0 Å². The number of pyridine rings is 1. The molecule has 6 nitrogen and oxygen atoms in total. The zero-order valence-corrected chi connectivity index (χ0v) is 16.8. The summed E-state index contributed by atoms with van der Waals surface area (Å²) in [6, 6.07) is 18.0. The van der Waals surface area contributed by atoms with Crippen molar-refractivity contribution in [3.05, 3.63) is 88.2 Å². The van der Waals surface area contributed by atoms with E-state index in [2.05, 4.69) is 38.4 Å². The first-order valence-electron chi connectivity index (χ1n) is 9.00. The molecule has 146 valence electrons. The zero-order valence-electron chi connectivity index (χ0n) is 15.2. The molecule has 1 aliphatic rings. The molecule has 1 aliphatic carbocycles. The third-order valence-corrected chi connectivity index (χ3v) is 5.41. The molecule has 1 heterocycles. The predicted molar refractivity (Wildman–Crippen MR) is 111 cm³/mol. The fourth-order valence-electron chi connectivity index (χ4n) is 3.60. The van der Waals surface area contributed by atoms with Crippen molar-refractivity contribution in [3.63, 3.8) is 0 Å². The van der Waals surface area contributed by atoms with Crippen LogP contribution in [0.15, 0.2) is 71.5 Å². The van der Waals surface area contributed by atoms with E-state index in [0.29, 0.717) is 10.2 Å². The van der Waals surface area contributed by atoms with Crippen molar-refractivity contribution < 1.29 is 19.4 Å². The number of benzene rings is 2. The molecule has 0 radical (unpaired) electrons. The lowest BCUT2D eigenvalue weighted by molar-refractivity contribution is -0.139. The normalized spacial score (nSPS) is 13.3. The largest absolute Gasteiger partial charge is 0.479 e. The van der Waals surface area contributed by atoms with Crippen LogP contribution in [0.4, 0.5) is 4.79 Å². The van der Waals surface area contributed by atoms with E-state index in [9.17, 15) is 14.7 Å². The highest BCUT2D eigenvalue weighted by atomic mass is 79.9. The summed E-state index contributed by atoms with van der Waals surface area (Å²) in [5, 5.41) is 11.9. The topological polar surface area (TPSA) is 88.5 Å². The fourth-order valence-corrected chi connectivity index (χ4v) is 3.84. The quantitative estimate of drug-likeness (QED) is 0.555. The molecule has 0 saturated carbocycles. The molecular formula is C22H17BrN2O4. The number of amides is 1. The van der Waals surface area contributed by atoms with Crippen molar-refractivity contribution in [2.24, 2.45) is 0 Å². The smallest absolute Gasteiger partial charge is 0.408 e. The number of hydrogen-bond acceptors (Lipinski definition) is 4. The van der Waals surface area contributed by atoms with Gasteiger partial charge in [0.1, 0.15) is 11.2 Å². The van der Waals surface area contributed by atoms with Crippen molar-refractivity contribution in [2.75, 3.05) is 6.61 Å². The summed E-state index contributed by atoms with van der Waals surface area (Å²) in [5.74, 6) is -1.28. The summed E-state index contributed by atoms with van der Waals surface area (Å²) < 4.78 is 6.00. The second kappa shape index (κ2) is 8.05. The van der Waals surface area contributed by atoms with Gasteiger partial charge in [0.15, 0.2) is 6.04 Å². The monoisotopic (exact) mass is 452 g/mol. The molecule has 2 aromatic carbocycles. The lowest BCUT2D eigenvalue weighted by Gasteiger charge is -2.17. The second-order valence-electron chi connectivity index (χ2n) is 6.66. The van der Waals surface area contributed by atoms with E-state index in [-0.39, 0.29) is 12.5 Å². The van der Waals surface area contributed by atoms with Crippen molar-refractivity contribution >= 4 is 28.0 Å². The van der Waals surface area contributed by atoms with Crippen molar-refractivity contribution in [3.8, 4) is 11.1 Å². The highest BCUT2D eigenvalue weighted by Crippen LogP contribution is 2.44. The molecule has 4 rings (SSSR count). The molecule has 1 atom stereocenters. The Bertz CT molecular complexity index is 1020. The van der Waals surface area contributed by atoms with Gasteiger partial charge in [-0.15, -0.1) is 0 Å². The summed E-state index contributed by atoms with van der Waals surface area (Å²) in [5.41, 5.74) is 4.79. The Morgan fingerprint density at radius 3 is 2.21 bits per heavy atom. The van der Waals surface area contributed by atoms with Crippen LogP contribution in [0.3, 0.4) is 0 Å². The lowest BCUT2D eigenvalue weighted by Crippen LogP contribution is -2.34. The number of carbonyl (C=O) groups excluding carboxylic acids is 1. The van der Waals surface area contributed by atoms with Gasteiger partial charge in [0.05, 0.1) is 0 Å². The minimum Gasteiger partial charge on any atom is -0.479 e. The number of rotatable bonds is 5. The number of carboxylic acids is 1. The average molecular weight is 453 g/mol. The summed E-state index contributed by atoms with van der Waals surface area (Å²) in [6.07, 6.45) is 0.606. The number of nitrogens with zero attached hydrogens (tertiary/aromatic N) is 1. The molecule has 0 bridgehead atoms. The molecule has 7 heteroatoms. The highest BCUT2D eigenvalue weighted by Gasteiger charge is 2.30. The first-order chi connectivity index (χ1) is 14.0. The molecule has 1 unspecified atom stereocenters. The highest BCUT2D eigenvalue weighted by molar-refractivity contribution is 9.10. The number of hydrogen-bond donors (Lipinski definition) is 2. The van der Waals surface area contributed by atoms with Crippen molar-refractivity contribution in [2.45, 2.75) is 12.0 Å². The number of halogens is 1. The minimum absolute atomic E-state index is 0.0919. The molecule has 0 saturated heterocycles. The molecule has 0 spiro atoms. The van der Waals surface area contributed by atoms with Crippen LogP contribution in [0.25, 0.3) is 11.1 Å². The number of aromatic nitrogens is 1. The fraction of sp³-hybridized carbons (Fsp3) is 0.136. The Labute approximate surface area is 175 Å². The standard InChI is InChI=1S/C22H17BrN2O4/c23-19-10-9-13(11-24-19)20(21(26)27)25-22(28)29-12-18-16-7-3-1-5-14(16)15-6-2-4-8-17(15)18/h1-11,18,20H,12H2,(H,25,28)(H,26,27). The van der Waals surface area contributed by atoms with Crippen molar-refractivity contribution in [1.82, 2.24) is 10.3 Å². The number of ether oxygens (including phenoxy) is 1. The summed E-state index contributed by atoms with van der Waals surface area (Å²) in [4.78, 5) is 28.0. The van der Waals surface area contributed by atoms with E-state index in [1.165, 1.54) is 6.20 Å². The molecule has 1 aromatic heterocycles. The van der Waals surface area contributed by atoms with Gasteiger partial charge in [0, 0.05) is 17.7 Å². The Hall–Kier alpha value is -3.19. The van der Waals surface area contributed by atoms with Crippen LogP contribution in [-0.4, -0.2) is 28.8 Å². The van der Waals surface area contributed by atoms with Gasteiger partial charge in [-0.1, -0.05) is 54.6 Å². The van der Waals surface area contributed by atoms with Gasteiger partial charge in [-0.05, 0) is 44.3 Å². The van der Waals surface area contributed by atoms with Gasteiger partial charge in [-0.3, -0.25) is 0 Å². The van der Waals surface area contributed by atoms with Crippen LogP contribution < -0.4 is 5.32 Å². The van der Waals surface area contributed by atoms with Crippen LogP contribution in [0.1, 0.15) is 28.7 Å². The third kappa shape index (κ3) is 3.86. The van der Waals surface area contributed by atoms with Gasteiger partial charge in [-0.25, -0.2) is 14.6 Å². The Morgan fingerprint density at radius 2 is 1.66 bits per heavy atom. The van der Waals surface area contributed by atoms with Crippen molar-refractivity contribution in [1.29, 1.82) is 0 Å². The maximum Gasteiger partial charge on any atom is 0.408 e. The first kappa shape index (κ1) is 19.1. The molecule has 0 aliphatic heterocycles. The molecule has 1 amide bonds. The maximum atomic E-state index is 12.4. The average Bonchev–Trinajstić information content (AvgIpc) is 3.05. The number of carbonyl (C=O) groups is 2. The summed E-state index contributed by atoms with van der Waals surface area (Å²) in [7, 11) is 0. The minimum atomic E-state index is -1.24. The van der Waals surface area contributed by atoms with E-state index in [1.54, 1.807) is 12.1 Å². The maximum absolute atomic E-state index is 12.4. The Balaban J connectivity index is 1.48. The van der Waals surface area contributed by atoms with E-state index in [0.717, 1.165) is 22.3 Å². The van der Waals surface area contributed by atoms with E-state index in [1.807, 2.05) is 36.4 Å². The van der Waals surface area contributed by atoms with E-state index >= 15 is 0 Å². The zero-order chi connectivity index (χ0) is 20.4.